The SMILES string of the molecule is CN=C(NCCN1C(=O)C2C3C=CC(C3)C2C1=O)NC1CC(C)(OC)C1(C)C.I. The molecule has 162 valence electrons. The van der Waals surface area contributed by atoms with Crippen LogP contribution in [0.1, 0.15) is 33.6 Å². The molecule has 0 spiro atoms. The second kappa shape index (κ2) is 7.83. The number of guanidine groups is 1. The molecule has 3 fully saturated rings. The van der Waals surface area contributed by atoms with Gasteiger partial charge in [-0.05, 0) is 31.6 Å². The van der Waals surface area contributed by atoms with Gasteiger partial charge in [0, 0.05) is 38.7 Å². The zero-order valence-corrected chi connectivity index (χ0v) is 20.2. The fraction of sp³-hybridized carbons (Fsp3) is 0.762. The van der Waals surface area contributed by atoms with Crippen LogP contribution in [-0.4, -0.2) is 61.6 Å². The van der Waals surface area contributed by atoms with Gasteiger partial charge in [-0.25, -0.2) is 0 Å². The number of halogens is 1. The van der Waals surface area contributed by atoms with E-state index in [2.05, 4.69) is 48.5 Å². The molecule has 1 heterocycles. The van der Waals surface area contributed by atoms with Crippen molar-refractivity contribution in [3.8, 4) is 0 Å². The Balaban J connectivity index is 0.00000240. The number of carbonyl (C=O) groups is 2. The smallest absolute Gasteiger partial charge is 0.233 e. The molecule has 2 bridgehead atoms. The van der Waals surface area contributed by atoms with Gasteiger partial charge in [-0.1, -0.05) is 26.0 Å². The topological polar surface area (TPSA) is 83.0 Å². The molecule has 4 rings (SSSR count). The summed E-state index contributed by atoms with van der Waals surface area (Å²) < 4.78 is 5.68. The number of fused-ring (bicyclic) bond motifs is 5. The summed E-state index contributed by atoms with van der Waals surface area (Å²) in [5.41, 5.74) is -0.174. The predicted octanol–water partition coefficient (Wildman–Crippen LogP) is 1.78. The highest BCUT2D eigenvalue weighted by Crippen LogP contribution is 2.52. The van der Waals surface area contributed by atoms with Crippen molar-refractivity contribution in [1.82, 2.24) is 15.5 Å². The van der Waals surface area contributed by atoms with Crippen LogP contribution in [0.4, 0.5) is 0 Å². The van der Waals surface area contributed by atoms with Gasteiger partial charge in [0.1, 0.15) is 0 Å². The Kier molecular flexibility index (Phi) is 6.08. The normalized spacial score (nSPS) is 39.3. The molecule has 1 aliphatic heterocycles. The van der Waals surface area contributed by atoms with Crippen molar-refractivity contribution in [2.24, 2.45) is 34.1 Å². The summed E-state index contributed by atoms with van der Waals surface area (Å²) in [5, 5.41) is 6.72. The zero-order chi connectivity index (χ0) is 20.3. The van der Waals surface area contributed by atoms with Crippen LogP contribution < -0.4 is 10.6 Å². The first-order chi connectivity index (χ1) is 13.2. The van der Waals surface area contributed by atoms with Gasteiger partial charge >= 0.3 is 0 Å². The minimum absolute atomic E-state index is 0. The van der Waals surface area contributed by atoms with Crippen LogP contribution in [0.25, 0.3) is 0 Å². The van der Waals surface area contributed by atoms with Gasteiger partial charge in [0.15, 0.2) is 5.96 Å². The second-order valence-electron chi connectivity index (χ2n) is 9.38. The monoisotopic (exact) mass is 516 g/mol. The summed E-state index contributed by atoms with van der Waals surface area (Å²) in [6.07, 6.45) is 6.11. The van der Waals surface area contributed by atoms with Crippen molar-refractivity contribution in [2.75, 3.05) is 27.2 Å². The maximum absolute atomic E-state index is 12.7. The maximum Gasteiger partial charge on any atom is 0.233 e. The minimum Gasteiger partial charge on any atom is -0.378 e. The number of allylic oxidation sites excluding steroid dienone is 2. The van der Waals surface area contributed by atoms with E-state index in [0.717, 1.165) is 12.8 Å². The molecule has 2 saturated carbocycles. The van der Waals surface area contributed by atoms with Crippen molar-refractivity contribution in [1.29, 1.82) is 0 Å². The molecule has 1 saturated heterocycles. The molecular weight excluding hydrogens is 483 g/mol. The summed E-state index contributed by atoms with van der Waals surface area (Å²) in [5.74, 6) is 0.979. The number of aliphatic imine (C=N–C) groups is 1. The van der Waals surface area contributed by atoms with Crippen LogP contribution in [0.5, 0.6) is 0 Å². The molecule has 2 amide bonds. The number of nitrogens with zero attached hydrogens (tertiary/aromatic N) is 2. The number of methoxy groups -OCH3 is 1. The molecule has 0 aromatic rings. The molecule has 8 heteroatoms. The summed E-state index contributed by atoms with van der Waals surface area (Å²) in [4.78, 5) is 31.2. The average molecular weight is 516 g/mol. The Morgan fingerprint density at radius 3 is 2.28 bits per heavy atom. The van der Waals surface area contributed by atoms with E-state index in [1.807, 2.05) is 0 Å². The van der Waals surface area contributed by atoms with Crippen molar-refractivity contribution in [3.05, 3.63) is 12.2 Å². The Morgan fingerprint density at radius 2 is 1.79 bits per heavy atom. The fourth-order valence-electron chi connectivity index (χ4n) is 5.55. The first kappa shape index (κ1) is 22.5. The Morgan fingerprint density at radius 1 is 1.21 bits per heavy atom. The highest BCUT2D eigenvalue weighted by atomic mass is 127. The van der Waals surface area contributed by atoms with Gasteiger partial charge in [-0.2, -0.15) is 0 Å². The number of rotatable bonds is 5. The zero-order valence-electron chi connectivity index (χ0n) is 17.9. The average Bonchev–Trinajstić information content (AvgIpc) is 3.35. The van der Waals surface area contributed by atoms with Crippen LogP contribution >= 0.6 is 24.0 Å². The van der Waals surface area contributed by atoms with E-state index in [-0.39, 0.29) is 76.5 Å². The van der Waals surface area contributed by atoms with E-state index in [9.17, 15) is 9.59 Å². The molecule has 0 aromatic heterocycles. The standard InChI is InChI=1S/C21H32N4O3.HI/c1-20(2)14(11-21(20,3)28-5)24-19(22-4)23-8-9-25-17(26)15-12-6-7-13(10-12)16(15)18(25)27;/h6-7,12-16H,8-11H2,1-5H3,(H2,22,23,24);1H. The lowest BCUT2D eigenvalue weighted by Crippen LogP contribution is -2.69. The van der Waals surface area contributed by atoms with Crippen molar-refractivity contribution >= 4 is 41.8 Å². The number of carbonyl (C=O) groups excluding carboxylic acids is 2. The molecule has 29 heavy (non-hydrogen) atoms. The van der Waals surface area contributed by atoms with E-state index in [1.54, 1.807) is 14.2 Å². The van der Waals surface area contributed by atoms with E-state index in [1.165, 1.54) is 4.90 Å². The summed E-state index contributed by atoms with van der Waals surface area (Å²) in [7, 11) is 3.49. The van der Waals surface area contributed by atoms with Crippen molar-refractivity contribution < 1.29 is 14.3 Å². The van der Waals surface area contributed by atoms with Gasteiger partial charge in [0.05, 0.1) is 17.4 Å². The summed E-state index contributed by atoms with van der Waals surface area (Å²) in [6.45, 7) is 7.38. The number of amides is 2. The van der Waals surface area contributed by atoms with Gasteiger partial charge in [0.25, 0.3) is 0 Å². The first-order valence-electron chi connectivity index (χ1n) is 10.3. The van der Waals surface area contributed by atoms with Crippen molar-refractivity contribution in [3.63, 3.8) is 0 Å². The van der Waals surface area contributed by atoms with Gasteiger partial charge < -0.3 is 15.4 Å². The van der Waals surface area contributed by atoms with E-state index in [4.69, 9.17) is 4.74 Å². The highest BCUT2D eigenvalue weighted by molar-refractivity contribution is 14.0. The van der Waals surface area contributed by atoms with Gasteiger partial charge in [-0.15, -0.1) is 24.0 Å². The van der Waals surface area contributed by atoms with Crippen LogP contribution in [0.3, 0.4) is 0 Å². The molecule has 6 atom stereocenters. The molecule has 7 nitrogen and oxygen atoms in total. The third-order valence-electron chi connectivity index (χ3n) is 8.00. The quantitative estimate of drug-likeness (QED) is 0.192. The lowest BCUT2D eigenvalue weighted by Gasteiger charge is -2.59. The van der Waals surface area contributed by atoms with E-state index < -0.39 is 0 Å². The number of nitrogens with one attached hydrogen (secondary N) is 2. The number of imide groups is 1. The van der Waals surface area contributed by atoms with E-state index >= 15 is 0 Å². The summed E-state index contributed by atoms with van der Waals surface area (Å²) in [6, 6.07) is 0.250. The Labute approximate surface area is 190 Å². The molecule has 4 aliphatic rings. The third kappa shape index (κ3) is 3.30. The van der Waals surface area contributed by atoms with Crippen LogP contribution in [0, 0.1) is 29.1 Å². The third-order valence-corrected chi connectivity index (χ3v) is 8.00. The van der Waals surface area contributed by atoms with Crippen molar-refractivity contribution in [2.45, 2.75) is 45.3 Å². The lowest BCUT2D eigenvalue weighted by atomic mass is 9.56. The largest absolute Gasteiger partial charge is 0.378 e. The maximum atomic E-state index is 12.7. The predicted molar refractivity (Wildman–Crippen MR) is 122 cm³/mol. The van der Waals surface area contributed by atoms with E-state index in [0.29, 0.717) is 19.0 Å². The first-order valence-corrected chi connectivity index (χ1v) is 10.3. The highest BCUT2D eigenvalue weighted by Gasteiger charge is 2.59. The Hall–Kier alpha value is -1.16. The van der Waals surface area contributed by atoms with Gasteiger partial charge in [-0.3, -0.25) is 19.5 Å². The van der Waals surface area contributed by atoms with Crippen LogP contribution in [-0.2, 0) is 14.3 Å². The molecule has 3 aliphatic carbocycles. The molecule has 6 unspecified atom stereocenters. The number of hydrogen-bond acceptors (Lipinski definition) is 4. The van der Waals surface area contributed by atoms with Crippen LogP contribution in [0.2, 0.25) is 0 Å². The molecule has 0 radical (unpaired) electrons. The number of ether oxygens (including phenoxy) is 1. The minimum atomic E-state index is -0.150. The Bertz CT molecular complexity index is 722. The lowest BCUT2D eigenvalue weighted by molar-refractivity contribution is -0.176. The molecule has 0 aromatic carbocycles. The number of hydrogen-bond donors (Lipinski definition) is 2. The second-order valence-corrected chi connectivity index (χ2v) is 9.38. The molecule has 2 N–H and O–H groups in total. The van der Waals surface area contributed by atoms with Gasteiger partial charge in [0.2, 0.25) is 11.8 Å². The fourth-order valence-corrected chi connectivity index (χ4v) is 5.55. The number of likely N-dealkylation sites (tertiary alicyclic amines) is 1. The molecular formula is C21H33IN4O3. The van der Waals surface area contributed by atoms with Crippen LogP contribution in [0.15, 0.2) is 17.1 Å². The summed E-state index contributed by atoms with van der Waals surface area (Å²) >= 11 is 0.